The summed E-state index contributed by atoms with van der Waals surface area (Å²) in [6.45, 7) is 1.40. The zero-order valence-corrected chi connectivity index (χ0v) is 4.42. The van der Waals surface area contributed by atoms with Gasteiger partial charge in [0.2, 0.25) is 0 Å². The lowest BCUT2D eigenvalue weighted by molar-refractivity contribution is -0.168. The average Bonchev–Trinajstić information content (AvgIpc) is 2.12. The van der Waals surface area contributed by atoms with Gasteiger partial charge in [-0.05, 0) is 0 Å². The smallest absolute Gasteiger partial charge is 0.274 e. The molecule has 1 N–H and O–H groups in total. The molecule has 1 amide bonds. The Morgan fingerprint density at radius 3 is 2.88 bits per heavy atom. The van der Waals surface area contributed by atoms with Gasteiger partial charge in [0.05, 0.1) is 6.20 Å². The van der Waals surface area contributed by atoms with Crippen molar-refractivity contribution in [2.45, 2.75) is 6.92 Å². The number of nitrogens with one attached hydrogen (secondary N) is 1. The van der Waals surface area contributed by atoms with Crippen molar-refractivity contribution in [3.8, 4) is 0 Å². The van der Waals surface area contributed by atoms with Gasteiger partial charge in [0.1, 0.15) is 6.26 Å². The first kappa shape index (κ1) is 4.96. The number of hydrazine groups is 1. The van der Waals surface area contributed by atoms with Crippen LogP contribution in [0.25, 0.3) is 0 Å². The molecule has 0 radical (unpaired) electrons. The standard InChI is InChI=1S/C4H6N2O2/c1-4(7)6-5-2-3-8-6/h2-3,5H,1H3. The van der Waals surface area contributed by atoms with Gasteiger partial charge in [-0.3, -0.25) is 10.2 Å². The third kappa shape index (κ3) is 0.726. The monoisotopic (exact) mass is 114 g/mol. The third-order valence-corrected chi connectivity index (χ3v) is 0.712. The van der Waals surface area contributed by atoms with Crippen LogP contribution in [-0.4, -0.2) is 11.1 Å². The highest BCUT2D eigenvalue weighted by Crippen LogP contribution is 1.93. The van der Waals surface area contributed by atoms with Gasteiger partial charge in [-0.25, -0.2) is 0 Å². The molecule has 0 saturated carbocycles. The molecule has 0 fully saturated rings. The second-order valence-corrected chi connectivity index (χ2v) is 1.35. The summed E-state index contributed by atoms with van der Waals surface area (Å²) in [7, 11) is 0. The van der Waals surface area contributed by atoms with Crippen LogP contribution in [0.3, 0.4) is 0 Å². The van der Waals surface area contributed by atoms with E-state index in [1.165, 1.54) is 19.4 Å². The van der Waals surface area contributed by atoms with Crippen LogP contribution in [0, 0.1) is 0 Å². The van der Waals surface area contributed by atoms with Crippen molar-refractivity contribution in [1.29, 1.82) is 0 Å². The predicted octanol–water partition coefficient (Wildman–Crippen LogP) is -0.244. The summed E-state index contributed by atoms with van der Waals surface area (Å²) in [5, 5.41) is 1.03. The molecule has 4 nitrogen and oxygen atoms in total. The van der Waals surface area contributed by atoms with Crippen LogP contribution in [0.15, 0.2) is 12.5 Å². The Morgan fingerprint density at radius 2 is 2.62 bits per heavy atom. The topological polar surface area (TPSA) is 41.6 Å². The first-order valence-corrected chi connectivity index (χ1v) is 2.19. The van der Waals surface area contributed by atoms with E-state index in [0.29, 0.717) is 0 Å². The fourth-order valence-electron chi connectivity index (χ4n) is 0.385. The van der Waals surface area contributed by atoms with E-state index < -0.39 is 0 Å². The summed E-state index contributed by atoms with van der Waals surface area (Å²) in [4.78, 5) is 15.0. The molecule has 0 aromatic carbocycles. The minimum Gasteiger partial charge on any atom is -0.363 e. The van der Waals surface area contributed by atoms with E-state index in [-0.39, 0.29) is 5.91 Å². The molecule has 44 valence electrons. The summed E-state index contributed by atoms with van der Waals surface area (Å²) in [6.07, 6.45) is 2.92. The van der Waals surface area contributed by atoms with Gasteiger partial charge in [0, 0.05) is 6.92 Å². The first-order valence-electron chi connectivity index (χ1n) is 2.19. The number of nitrogens with zero attached hydrogens (tertiary/aromatic N) is 1. The van der Waals surface area contributed by atoms with E-state index in [2.05, 4.69) is 10.3 Å². The maximum Gasteiger partial charge on any atom is 0.274 e. The molecule has 0 unspecified atom stereocenters. The van der Waals surface area contributed by atoms with Crippen LogP contribution in [0.4, 0.5) is 0 Å². The van der Waals surface area contributed by atoms with Gasteiger partial charge in [0.25, 0.3) is 5.91 Å². The first-order chi connectivity index (χ1) is 3.80. The SMILES string of the molecule is CC(=O)N1NC=CO1. The molecule has 0 spiro atoms. The number of carbonyl (C=O) groups excluding carboxylic acids is 1. The van der Waals surface area contributed by atoms with E-state index >= 15 is 0 Å². The lowest BCUT2D eigenvalue weighted by atomic mass is 10.7. The zero-order valence-electron chi connectivity index (χ0n) is 4.42. The molecule has 0 bridgehead atoms. The molecule has 0 aromatic rings. The summed E-state index contributed by atoms with van der Waals surface area (Å²) in [5.41, 5.74) is 2.54. The van der Waals surface area contributed by atoms with Crippen molar-refractivity contribution < 1.29 is 9.63 Å². The average molecular weight is 114 g/mol. The lowest BCUT2D eigenvalue weighted by Crippen LogP contribution is -2.32. The molecular weight excluding hydrogens is 108 g/mol. The van der Waals surface area contributed by atoms with Gasteiger partial charge in [0.15, 0.2) is 0 Å². The van der Waals surface area contributed by atoms with Gasteiger partial charge in [-0.2, -0.15) is 0 Å². The molecule has 1 heterocycles. The molecule has 4 heteroatoms. The Kier molecular flexibility index (Phi) is 1.07. The highest BCUT2D eigenvalue weighted by molar-refractivity contribution is 5.71. The van der Waals surface area contributed by atoms with Gasteiger partial charge >= 0.3 is 0 Å². The molecule has 8 heavy (non-hydrogen) atoms. The molecule has 1 aliphatic heterocycles. The summed E-state index contributed by atoms with van der Waals surface area (Å²) in [6, 6.07) is 0. The zero-order chi connectivity index (χ0) is 5.98. The maximum atomic E-state index is 10.3. The van der Waals surface area contributed by atoms with Crippen LogP contribution in [0.1, 0.15) is 6.92 Å². The van der Waals surface area contributed by atoms with Crippen molar-refractivity contribution in [3.63, 3.8) is 0 Å². The summed E-state index contributed by atoms with van der Waals surface area (Å²) < 4.78 is 0. The lowest BCUT2D eigenvalue weighted by Gasteiger charge is -2.09. The molecule has 0 atom stereocenters. The van der Waals surface area contributed by atoms with Gasteiger partial charge in [-0.1, -0.05) is 5.17 Å². The minimum atomic E-state index is -0.171. The summed E-state index contributed by atoms with van der Waals surface area (Å²) >= 11 is 0. The molecular formula is C4H6N2O2. The van der Waals surface area contributed by atoms with Gasteiger partial charge < -0.3 is 4.84 Å². The number of hydroxylamine groups is 1. The van der Waals surface area contributed by atoms with Gasteiger partial charge in [-0.15, -0.1) is 0 Å². The molecule has 1 aliphatic rings. The molecule has 1 rings (SSSR count). The fourth-order valence-corrected chi connectivity index (χ4v) is 0.385. The normalized spacial score (nSPS) is 15.4. The van der Waals surface area contributed by atoms with Crippen LogP contribution < -0.4 is 5.43 Å². The number of amides is 1. The van der Waals surface area contributed by atoms with Crippen molar-refractivity contribution in [3.05, 3.63) is 12.5 Å². The van der Waals surface area contributed by atoms with Crippen LogP contribution >= 0.6 is 0 Å². The van der Waals surface area contributed by atoms with E-state index in [4.69, 9.17) is 0 Å². The predicted molar refractivity (Wildman–Crippen MR) is 25.9 cm³/mol. The highest BCUT2D eigenvalue weighted by atomic mass is 16.7. The number of hydrogen-bond donors (Lipinski definition) is 1. The van der Waals surface area contributed by atoms with Crippen LogP contribution in [-0.2, 0) is 9.63 Å². The van der Waals surface area contributed by atoms with Crippen molar-refractivity contribution in [1.82, 2.24) is 10.6 Å². The second-order valence-electron chi connectivity index (χ2n) is 1.35. The summed E-state index contributed by atoms with van der Waals surface area (Å²) in [5.74, 6) is -0.171. The number of rotatable bonds is 0. The third-order valence-electron chi connectivity index (χ3n) is 0.712. The van der Waals surface area contributed by atoms with Crippen molar-refractivity contribution in [2.24, 2.45) is 0 Å². The Morgan fingerprint density at radius 1 is 1.88 bits per heavy atom. The Labute approximate surface area is 46.6 Å². The Balaban J connectivity index is 2.41. The fraction of sp³-hybridized carbons (Fsp3) is 0.250. The van der Waals surface area contributed by atoms with E-state index in [0.717, 1.165) is 5.17 Å². The Bertz CT molecular complexity index is 124. The van der Waals surface area contributed by atoms with Crippen LogP contribution in [0.5, 0.6) is 0 Å². The van der Waals surface area contributed by atoms with E-state index in [1.807, 2.05) is 0 Å². The minimum absolute atomic E-state index is 0.171. The Hall–Kier alpha value is -1.19. The molecule has 0 aromatic heterocycles. The quantitative estimate of drug-likeness (QED) is 0.472. The largest absolute Gasteiger partial charge is 0.363 e. The number of carbonyl (C=O) groups is 1. The van der Waals surface area contributed by atoms with E-state index in [9.17, 15) is 4.79 Å². The van der Waals surface area contributed by atoms with E-state index in [1.54, 1.807) is 0 Å². The highest BCUT2D eigenvalue weighted by Gasteiger charge is 2.08. The van der Waals surface area contributed by atoms with Crippen molar-refractivity contribution >= 4 is 5.91 Å². The second kappa shape index (κ2) is 1.73. The number of hydrogen-bond acceptors (Lipinski definition) is 3. The maximum absolute atomic E-state index is 10.3. The van der Waals surface area contributed by atoms with Crippen molar-refractivity contribution in [2.75, 3.05) is 0 Å². The molecule has 0 saturated heterocycles. The molecule has 0 aliphatic carbocycles. The van der Waals surface area contributed by atoms with Crippen LogP contribution in [0.2, 0.25) is 0 Å².